The fraction of sp³-hybridized carbons (Fsp3) is 0.626. The minimum atomic E-state index is -1.94. The number of hydrogen-bond acceptors (Lipinski definition) is 0. The van der Waals surface area contributed by atoms with E-state index in [9.17, 15) is 0 Å². The Morgan fingerprint density at radius 1 is 0.239 bits per heavy atom. The van der Waals surface area contributed by atoms with Crippen LogP contribution in [0.1, 0.15) is 391 Å². The summed E-state index contributed by atoms with van der Waals surface area (Å²) in [5.74, 6) is 30.8. The highest BCUT2D eigenvalue weighted by Crippen LogP contribution is 2.41. The summed E-state index contributed by atoms with van der Waals surface area (Å²) in [6, 6.07) is 19.7. The van der Waals surface area contributed by atoms with Gasteiger partial charge in [-0.1, -0.05) is 298 Å². The molecule has 0 radical (unpaired) electrons. The maximum absolute atomic E-state index is 6.27. The third-order valence-electron chi connectivity index (χ3n) is 20.1. The molecular weight excluding hydrogens is 1120 g/mol. The van der Waals surface area contributed by atoms with E-state index in [4.69, 9.17) is 6.42 Å². The van der Waals surface area contributed by atoms with Crippen LogP contribution in [0.15, 0.2) is 48.5 Å². The number of aryl methyl sites for hydroxylation is 8. The van der Waals surface area contributed by atoms with E-state index in [2.05, 4.69) is 198 Å². The predicted molar refractivity (Wildman–Crippen MR) is 412 cm³/mol. The Labute approximate surface area is 571 Å². The summed E-state index contributed by atoms with van der Waals surface area (Å²) in [4.78, 5) is 0. The van der Waals surface area contributed by atoms with Crippen molar-refractivity contribution in [1.82, 2.24) is 0 Å². The van der Waals surface area contributed by atoms with E-state index >= 15 is 0 Å². The van der Waals surface area contributed by atoms with Crippen molar-refractivity contribution in [2.75, 3.05) is 0 Å². The maximum Gasteiger partial charge on any atom is 0.146 e. The summed E-state index contributed by atoms with van der Waals surface area (Å²) in [6.45, 7) is 33.2. The second-order valence-electron chi connectivity index (χ2n) is 28.7. The van der Waals surface area contributed by atoms with Crippen molar-refractivity contribution in [3.63, 3.8) is 0 Å². The molecule has 4 aromatic carbocycles. The molecule has 4 aromatic rings. The quantitative estimate of drug-likeness (QED) is 0.0235. The number of terminal acetylenes is 1. The topological polar surface area (TPSA) is 0 Å². The molecule has 0 bridgehead atoms. The normalized spacial score (nSPS) is 11.3. The first-order chi connectivity index (χ1) is 44.8. The van der Waals surface area contributed by atoms with Crippen LogP contribution in [0.3, 0.4) is 0 Å². The van der Waals surface area contributed by atoms with E-state index < -0.39 is 8.07 Å². The Hall–Kier alpha value is -5.10. The van der Waals surface area contributed by atoms with Gasteiger partial charge in [-0.3, -0.25) is 0 Å². The molecule has 92 heavy (non-hydrogen) atoms. The lowest BCUT2D eigenvalue weighted by molar-refractivity contribution is 0.662. The van der Waals surface area contributed by atoms with Crippen LogP contribution in [0.25, 0.3) is 0 Å². The molecular formula is C91H134Si. The van der Waals surface area contributed by atoms with Crippen LogP contribution in [-0.4, -0.2) is 8.07 Å². The van der Waals surface area contributed by atoms with Crippen LogP contribution >= 0.6 is 0 Å². The third kappa shape index (κ3) is 27.3. The van der Waals surface area contributed by atoms with Gasteiger partial charge in [0.15, 0.2) is 0 Å². The van der Waals surface area contributed by atoms with Gasteiger partial charge in [-0.2, -0.15) is 0 Å². The zero-order valence-corrected chi connectivity index (χ0v) is 63.2. The molecule has 1 heteroatoms. The summed E-state index contributed by atoms with van der Waals surface area (Å²) in [5, 5.41) is 0. The van der Waals surface area contributed by atoms with E-state index in [0.29, 0.717) is 16.6 Å². The highest BCUT2D eigenvalue weighted by Gasteiger charge is 2.41. The van der Waals surface area contributed by atoms with E-state index in [1.807, 2.05) is 0 Å². The zero-order valence-electron chi connectivity index (χ0n) is 62.2. The first kappa shape index (κ1) is 79.3. The molecule has 0 saturated heterocycles. The van der Waals surface area contributed by atoms with Gasteiger partial charge >= 0.3 is 0 Å². The summed E-state index contributed by atoms with van der Waals surface area (Å²) in [7, 11) is -1.94. The molecule has 0 aliphatic rings. The first-order valence-corrected chi connectivity index (χ1v) is 41.2. The third-order valence-corrected chi connectivity index (χ3v) is 26.4. The molecule has 4 rings (SSSR count). The van der Waals surface area contributed by atoms with Gasteiger partial charge in [0.25, 0.3) is 0 Å². The van der Waals surface area contributed by atoms with Crippen LogP contribution in [0.2, 0.25) is 16.6 Å². The van der Waals surface area contributed by atoms with E-state index in [-0.39, 0.29) is 0 Å². The molecule has 0 amide bonds. The van der Waals surface area contributed by atoms with E-state index in [1.54, 1.807) is 0 Å². The van der Waals surface area contributed by atoms with Crippen molar-refractivity contribution >= 4 is 8.07 Å². The van der Waals surface area contributed by atoms with Crippen molar-refractivity contribution in [3.05, 3.63) is 138 Å². The highest BCUT2D eigenvalue weighted by molar-refractivity contribution is 6.90. The van der Waals surface area contributed by atoms with E-state index in [1.165, 1.54) is 263 Å². The Morgan fingerprint density at radius 3 is 0.565 bits per heavy atom. The number of hydrogen-bond donors (Lipinski definition) is 0. The summed E-state index contributed by atoms with van der Waals surface area (Å²) in [5.41, 5.74) is 26.3. The fourth-order valence-electron chi connectivity index (χ4n) is 14.3. The Kier molecular flexibility index (Phi) is 40.4. The van der Waals surface area contributed by atoms with Gasteiger partial charge in [-0.05, 0) is 212 Å². The second kappa shape index (κ2) is 46.9. The fourth-order valence-corrected chi connectivity index (χ4v) is 19.5. The van der Waals surface area contributed by atoms with Crippen molar-refractivity contribution in [2.45, 2.75) is 370 Å². The molecule has 0 spiro atoms. The van der Waals surface area contributed by atoms with Gasteiger partial charge in [0.05, 0.1) is 0 Å². The van der Waals surface area contributed by atoms with Gasteiger partial charge in [-0.25, -0.2) is 0 Å². The molecule has 0 unspecified atom stereocenters. The van der Waals surface area contributed by atoms with Gasteiger partial charge in [0.1, 0.15) is 8.07 Å². The first-order valence-electron chi connectivity index (χ1n) is 39.0. The van der Waals surface area contributed by atoms with Crippen LogP contribution in [0, 0.1) is 59.3 Å². The second-order valence-corrected chi connectivity index (χ2v) is 34.3. The van der Waals surface area contributed by atoms with Gasteiger partial charge in [0, 0.05) is 44.5 Å². The lowest BCUT2D eigenvalue weighted by Gasteiger charge is -2.38. The van der Waals surface area contributed by atoms with Crippen molar-refractivity contribution in [2.24, 2.45) is 0 Å². The molecule has 0 aliphatic heterocycles. The van der Waals surface area contributed by atoms with Gasteiger partial charge in [-0.15, -0.1) is 12.0 Å². The minimum absolute atomic E-state index is 0.599. The summed E-state index contributed by atoms with van der Waals surface area (Å²) in [6.07, 6.45) is 53.7. The zero-order chi connectivity index (χ0) is 66.8. The lowest BCUT2D eigenvalue weighted by atomic mass is 9.90. The number of rotatable bonds is 43. The molecule has 0 aromatic heterocycles. The standard InChI is InChI=1S/C91H134Si/c1-16-25-33-41-49-77-66-85(78(65-76(77)24-9)50-42-34-26-17-2)57-58-86-67-80(52-44-36-28-19-4)87(68-79(86)51-43-35-27-18-3)59-60-88-69-82(54-46-38-30-21-6)89(70-81(88)53-45-37-29-20-5)61-62-90-71-84(56-48-40-32-23-8)91(72-83(90)55-47-39-31-22-7)63-64-92(73(10)11,74(12)13)75(14)15/h9,65-75H,16-23,25-56H2,1-8,10-15H3. The van der Waals surface area contributed by atoms with Crippen LogP contribution in [0.4, 0.5) is 0 Å². The Morgan fingerprint density at radius 2 is 0.402 bits per heavy atom. The number of benzene rings is 4. The smallest absolute Gasteiger partial charge is 0.125 e. The van der Waals surface area contributed by atoms with Crippen molar-refractivity contribution < 1.29 is 0 Å². The van der Waals surface area contributed by atoms with E-state index in [0.717, 1.165) is 82.6 Å². The lowest BCUT2D eigenvalue weighted by Crippen LogP contribution is -2.43. The SMILES string of the molecule is C#Cc1cc(CCCCCC)c(C#Cc2cc(CCCCCC)c(C#Cc3cc(CCCCCC)c(C#Cc4cc(CCCCCC)c(C#C[Si](C(C)C)(C(C)C)C(C)C)cc4CCCCCC)cc3CCCCCC)cc2CCCCCC)cc1CCCCCC. The van der Waals surface area contributed by atoms with Crippen LogP contribution in [-0.2, 0) is 51.4 Å². The van der Waals surface area contributed by atoms with Crippen molar-refractivity contribution in [1.29, 1.82) is 0 Å². The molecule has 0 heterocycles. The molecule has 502 valence electrons. The van der Waals surface area contributed by atoms with Crippen LogP contribution < -0.4 is 0 Å². The Balaban J connectivity index is 2.06. The molecule has 0 atom stereocenters. The largest absolute Gasteiger partial charge is 0.146 e. The van der Waals surface area contributed by atoms with Gasteiger partial charge in [0.2, 0.25) is 0 Å². The molecule has 0 saturated carbocycles. The monoisotopic (exact) mass is 1260 g/mol. The summed E-state index contributed by atoms with van der Waals surface area (Å²) < 4.78 is 0. The van der Waals surface area contributed by atoms with Crippen molar-refractivity contribution in [3.8, 4) is 59.3 Å². The average molecular weight is 1260 g/mol. The van der Waals surface area contributed by atoms with Gasteiger partial charge < -0.3 is 0 Å². The Bertz CT molecular complexity index is 3040. The highest BCUT2D eigenvalue weighted by atomic mass is 28.3. The average Bonchev–Trinajstić information content (AvgIpc) is 0.878. The molecule has 0 aliphatic carbocycles. The maximum atomic E-state index is 6.27. The van der Waals surface area contributed by atoms with Crippen LogP contribution in [0.5, 0.6) is 0 Å². The summed E-state index contributed by atoms with van der Waals surface area (Å²) >= 11 is 0. The predicted octanol–water partition coefficient (Wildman–Crippen LogP) is 26.4. The minimum Gasteiger partial charge on any atom is -0.125 e. The molecule has 0 N–H and O–H groups in total. The molecule has 0 fully saturated rings. The molecule has 0 nitrogen and oxygen atoms in total. The number of unbranched alkanes of at least 4 members (excludes halogenated alkanes) is 24.